The first-order chi connectivity index (χ1) is 20.5. The number of rotatable bonds is 5. The van der Waals surface area contributed by atoms with Gasteiger partial charge in [0, 0.05) is 38.0 Å². The highest BCUT2D eigenvalue weighted by Gasteiger charge is 2.62. The summed E-state index contributed by atoms with van der Waals surface area (Å²) >= 11 is 0. The van der Waals surface area contributed by atoms with Gasteiger partial charge >= 0.3 is 12.1 Å². The van der Waals surface area contributed by atoms with Gasteiger partial charge in [0.2, 0.25) is 11.8 Å². The highest BCUT2D eigenvalue weighted by atomic mass is 16.6. The topological polar surface area (TPSA) is 128 Å². The number of nitrogens with zero attached hydrogens (tertiary/aromatic N) is 2. The van der Waals surface area contributed by atoms with Gasteiger partial charge in [-0.05, 0) is 64.4 Å². The second-order valence-electron chi connectivity index (χ2n) is 13.7. The highest BCUT2D eigenvalue weighted by molar-refractivity contribution is 5.96. The SMILES string of the molecule is CC(C)(C)OC(=O)N[C@@H]1CCCCC/C=C\[C@H]2C[C@@]2(C(=O)O)NC(=O)[C@@H]2[C@H]3CN(CCc4ccccc4)C[C@H]3CN2C1=O. The third kappa shape index (κ3) is 7.22. The Balaban J connectivity index is 1.38. The van der Waals surface area contributed by atoms with Crippen molar-refractivity contribution in [1.82, 2.24) is 20.4 Å². The van der Waals surface area contributed by atoms with Gasteiger partial charge < -0.3 is 30.3 Å². The summed E-state index contributed by atoms with van der Waals surface area (Å²) in [5.41, 5.74) is -0.822. The fraction of sp³-hybridized carbons (Fsp3) is 0.636. The van der Waals surface area contributed by atoms with Gasteiger partial charge in [0.15, 0.2) is 0 Å². The Hall–Kier alpha value is -3.40. The molecule has 6 atom stereocenters. The molecule has 3 aliphatic heterocycles. The maximum absolute atomic E-state index is 14.2. The summed E-state index contributed by atoms with van der Waals surface area (Å²) in [5, 5.41) is 15.8. The number of likely N-dealkylation sites (tertiary alicyclic amines) is 1. The lowest BCUT2D eigenvalue weighted by Crippen LogP contribution is -2.58. The number of benzene rings is 1. The second kappa shape index (κ2) is 12.7. The third-order valence-corrected chi connectivity index (χ3v) is 9.31. The maximum Gasteiger partial charge on any atom is 0.408 e. The number of carbonyl (C=O) groups excluding carboxylic acids is 3. The molecule has 5 rings (SSSR count). The first-order valence-electron chi connectivity index (χ1n) is 15.8. The molecule has 1 aliphatic carbocycles. The number of aliphatic carboxylic acids is 1. The number of allylic oxidation sites excluding steroid dienone is 1. The molecule has 1 saturated carbocycles. The Morgan fingerprint density at radius 2 is 1.86 bits per heavy atom. The van der Waals surface area contributed by atoms with Crippen molar-refractivity contribution in [3.8, 4) is 0 Å². The molecule has 10 nitrogen and oxygen atoms in total. The molecular formula is C33H46N4O6. The monoisotopic (exact) mass is 594 g/mol. The normalized spacial score (nSPS) is 32.3. The molecule has 3 amide bonds. The molecule has 3 N–H and O–H groups in total. The van der Waals surface area contributed by atoms with Crippen LogP contribution in [0.4, 0.5) is 4.79 Å². The van der Waals surface area contributed by atoms with E-state index in [1.807, 2.05) is 30.4 Å². The van der Waals surface area contributed by atoms with E-state index >= 15 is 0 Å². The van der Waals surface area contributed by atoms with Gasteiger partial charge in [0.25, 0.3) is 0 Å². The van der Waals surface area contributed by atoms with Crippen molar-refractivity contribution in [3.05, 3.63) is 48.0 Å². The van der Waals surface area contributed by atoms with E-state index < -0.39 is 41.2 Å². The maximum atomic E-state index is 14.2. The largest absolute Gasteiger partial charge is 0.479 e. The van der Waals surface area contributed by atoms with Crippen LogP contribution in [-0.4, -0.2) is 88.2 Å². The Morgan fingerprint density at radius 3 is 2.58 bits per heavy atom. The number of alkyl carbamates (subject to hydrolysis) is 1. The summed E-state index contributed by atoms with van der Waals surface area (Å²) in [5.74, 6) is -2.10. The molecule has 0 spiro atoms. The predicted octanol–water partition coefficient (Wildman–Crippen LogP) is 3.36. The molecule has 3 heterocycles. The van der Waals surface area contributed by atoms with Gasteiger partial charge in [0.05, 0.1) is 0 Å². The fourth-order valence-corrected chi connectivity index (χ4v) is 7.03. The summed E-state index contributed by atoms with van der Waals surface area (Å²) in [7, 11) is 0. The van der Waals surface area contributed by atoms with Crippen molar-refractivity contribution in [2.45, 2.75) is 88.9 Å². The molecule has 2 saturated heterocycles. The van der Waals surface area contributed by atoms with E-state index in [4.69, 9.17) is 4.74 Å². The van der Waals surface area contributed by atoms with Crippen LogP contribution in [0.3, 0.4) is 0 Å². The van der Waals surface area contributed by atoms with Crippen LogP contribution >= 0.6 is 0 Å². The lowest BCUT2D eigenvalue weighted by molar-refractivity contribution is -0.146. The second-order valence-corrected chi connectivity index (χ2v) is 13.7. The quantitative estimate of drug-likeness (QED) is 0.446. The fourth-order valence-electron chi connectivity index (χ4n) is 7.03. The smallest absolute Gasteiger partial charge is 0.408 e. The standard InChI is InChI=1S/C33H46N4O6/c1-32(2,3)43-31(42)34-26-15-11-6-4-5-10-14-24-18-33(24,30(40)41)35-28(38)27-25-21-36(17-16-22-12-8-7-9-13-22)19-23(25)20-37(27)29(26)39/h7-10,12-14,23-27H,4-6,11,15-21H2,1-3H3,(H,34,42)(H,35,38)(H,40,41)/b14-10-/t23-,24-,25-,26+,27-,33+/m0/s1. The summed E-state index contributed by atoms with van der Waals surface area (Å²) in [4.78, 5) is 57.4. The molecule has 1 aromatic rings. The first-order valence-corrected chi connectivity index (χ1v) is 15.8. The molecule has 0 bridgehead atoms. The number of nitrogens with one attached hydrogen (secondary N) is 2. The average Bonchev–Trinajstić information content (AvgIpc) is 3.31. The van der Waals surface area contributed by atoms with Gasteiger partial charge in [-0.15, -0.1) is 0 Å². The number of hydrogen-bond acceptors (Lipinski definition) is 6. The van der Waals surface area contributed by atoms with Gasteiger partial charge in [-0.25, -0.2) is 9.59 Å². The molecule has 0 radical (unpaired) electrons. The highest BCUT2D eigenvalue weighted by Crippen LogP contribution is 2.46. The molecule has 234 valence electrons. The van der Waals surface area contributed by atoms with Gasteiger partial charge in [-0.3, -0.25) is 9.59 Å². The Kier molecular flexibility index (Phi) is 9.15. The molecule has 10 heteroatoms. The van der Waals surface area contributed by atoms with Crippen molar-refractivity contribution < 1.29 is 29.0 Å². The number of carbonyl (C=O) groups is 4. The zero-order valence-corrected chi connectivity index (χ0v) is 25.6. The minimum atomic E-state index is -1.35. The van der Waals surface area contributed by atoms with Crippen molar-refractivity contribution in [1.29, 1.82) is 0 Å². The molecule has 43 heavy (non-hydrogen) atoms. The van der Waals surface area contributed by atoms with Gasteiger partial charge in [-0.2, -0.15) is 0 Å². The van der Waals surface area contributed by atoms with E-state index in [9.17, 15) is 24.3 Å². The predicted molar refractivity (Wildman–Crippen MR) is 161 cm³/mol. The zero-order valence-electron chi connectivity index (χ0n) is 25.6. The molecule has 4 aliphatic rings. The van der Waals surface area contributed by atoms with Crippen LogP contribution in [0.2, 0.25) is 0 Å². The Bertz CT molecular complexity index is 1230. The van der Waals surface area contributed by atoms with E-state index in [0.29, 0.717) is 25.9 Å². The van der Waals surface area contributed by atoms with Crippen molar-refractivity contribution >= 4 is 23.9 Å². The van der Waals surface area contributed by atoms with Crippen molar-refractivity contribution in [3.63, 3.8) is 0 Å². The molecular weight excluding hydrogens is 548 g/mol. The van der Waals surface area contributed by atoms with Crippen molar-refractivity contribution in [2.75, 3.05) is 26.2 Å². The van der Waals surface area contributed by atoms with Crippen LogP contribution in [-0.2, 0) is 25.5 Å². The Labute approximate surface area is 254 Å². The molecule has 0 aromatic heterocycles. The minimum Gasteiger partial charge on any atom is -0.479 e. The van der Waals surface area contributed by atoms with Crippen LogP contribution < -0.4 is 10.6 Å². The van der Waals surface area contributed by atoms with Crippen LogP contribution in [0.1, 0.15) is 64.9 Å². The third-order valence-electron chi connectivity index (χ3n) is 9.31. The van der Waals surface area contributed by atoms with E-state index in [2.05, 4.69) is 27.7 Å². The molecule has 3 fully saturated rings. The zero-order chi connectivity index (χ0) is 30.8. The van der Waals surface area contributed by atoms with Crippen LogP contribution in [0.15, 0.2) is 42.5 Å². The number of ether oxygens (including phenoxy) is 1. The minimum absolute atomic E-state index is 0.0761. The number of hydrogen-bond donors (Lipinski definition) is 3. The summed E-state index contributed by atoms with van der Waals surface area (Å²) in [6.07, 6.45) is 8.19. The van der Waals surface area contributed by atoms with E-state index in [-0.39, 0.29) is 23.7 Å². The van der Waals surface area contributed by atoms with Gasteiger partial charge in [0.1, 0.15) is 23.2 Å². The number of carboxylic acids is 1. The van der Waals surface area contributed by atoms with Crippen LogP contribution in [0, 0.1) is 17.8 Å². The number of carboxylic acid groups (broad SMARTS) is 1. The number of fused-ring (bicyclic) bond motifs is 4. The van der Waals surface area contributed by atoms with E-state index in [1.165, 1.54) is 5.56 Å². The molecule has 1 aromatic carbocycles. The van der Waals surface area contributed by atoms with E-state index in [0.717, 1.165) is 45.2 Å². The summed E-state index contributed by atoms with van der Waals surface area (Å²) in [6.45, 7) is 7.94. The molecule has 0 unspecified atom stereocenters. The van der Waals surface area contributed by atoms with Crippen molar-refractivity contribution in [2.24, 2.45) is 17.8 Å². The average molecular weight is 595 g/mol. The Morgan fingerprint density at radius 1 is 1.09 bits per heavy atom. The summed E-state index contributed by atoms with van der Waals surface area (Å²) in [6, 6.07) is 8.62. The van der Waals surface area contributed by atoms with Crippen LogP contribution in [0.25, 0.3) is 0 Å². The van der Waals surface area contributed by atoms with E-state index in [1.54, 1.807) is 25.7 Å². The summed E-state index contributed by atoms with van der Waals surface area (Å²) < 4.78 is 5.48. The first kappa shape index (κ1) is 31.0. The van der Waals surface area contributed by atoms with Gasteiger partial charge in [-0.1, -0.05) is 55.3 Å². The number of amides is 3. The van der Waals surface area contributed by atoms with Crippen LogP contribution in [0.5, 0.6) is 0 Å². The lowest BCUT2D eigenvalue weighted by atomic mass is 9.93. The lowest BCUT2D eigenvalue weighted by Gasteiger charge is -2.33.